The molecule has 0 saturated carbocycles. The van der Waals surface area contributed by atoms with E-state index < -0.39 is 0 Å². The molecule has 3 heteroatoms. The van der Waals surface area contributed by atoms with E-state index in [4.69, 9.17) is 23.2 Å². The van der Waals surface area contributed by atoms with Crippen molar-refractivity contribution in [3.05, 3.63) is 0 Å². The summed E-state index contributed by atoms with van der Waals surface area (Å²) in [6.07, 6.45) is 0. The molecule has 2 atom stereocenters. The van der Waals surface area contributed by atoms with E-state index in [9.17, 15) is 0 Å². The van der Waals surface area contributed by atoms with E-state index in [1.807, 2.05) is 14.0 Å². The smallest absolute Gasteiger partial charge is 0.0621 e. The molecular formula is C5H11Cl2N. The first-order valence-electron chi connectivity index (χ1n) is 2.61. The molecule has 0 heterocycles. The first-order valence-corrected chi connectivity index (χ1v) is 3.48. The van der Waals surface area contributed by atoms with E-state index in [-0.39, 0.29) is 10.8 Å². The molecule has 0 radical (unpaired) electrons. The second-order valence-electron chi connectivity index (χ2n) is 1.75. The third-order valence-electron chi connectivity index (χ3n) is 0.898. The summed E-state index contributed by atoms with van der Waals surface area (Å²) < 4.78 is 0. The molecule has 0 aliphatic heterocycles. The SMILES string of the molecule is CNCC(Cl)C(C)Cl. The molecule has 0 aliphatic rings. The van der Waals surface area contributed by atoms with Gasteiger partial charge in [-0.2, -0.15) is 0 Å². The lowest BCUT2D eigenvalue weighted by atomic mass is 10.3. The summed E-state index contributed by atoms with van der Waals surface area (Å²) in [6.45, 7) is 2.66. The highest BCUT2D eigenvalue weighted by Crippen LogP contribution is 2.06. The molecule has 0 aliphatic carbocycles. The van der Waals surface area contributed by atoms with E-state index in [1.54, 1.807) is 0 Å². The van der Waals surface area contributed by atoms with Gasteiger partial charge in [-0.3, -0.25) is 0 Å². The van der Waals surface area contributed by atoms with Gasteiger partial charge in [0.15, 0.2) is 0 Å². The zero-order chi connectivity index (χ0) is 6.57. The van der Waals surface area contributed by atoms with Gasteiger partial charge in [0, 0.05) is 11.9 Å². The van der Waals surface area contributed by atoms with Crippen LogP contribution in [-0.2, 0) is 0 Å². The Kier molecular flexibility index (Phi) is 4.72. The highest BCUT2D eigenvalue weighted by molar-refractivity contribution is 6.29. The van der Waals surface area contributed by atoms with Gasteiger partial charge in [0.05, 0.1) is 5.38 Å². The third-order valence-corrected chi connectivity index (χ3v) is 1.86. The van der Waals surface area contributed by atoms with Crippen LogP contribution < -0.4 is 5.32 Å². The van der Waals surface area contributed by atoms with Gasteiger partial charge in [0.2, 0.25) is 0 Å². The summed E-state index contributed by atoms with van der Waals surface area (Å²) in [5.74, 6) is 0. The van der Waals surface area contributed by atoms with Crippen molar-refractivity contribution in [2.24, 2.45) is 0 Å². The van der Waals surface area contributed by atoms with Crippen molar-refractivity contribution in [1.29, 1.82) is 0 Å². The molecule has 1 N–H and O–H groups in total. The molecule has 8 heavy (non-hydrogen) atoms. The summed E-state index contributed by atoms with van der Waals surface area (Å²) in [6, 6.07) is 0. The molecule has 0 bridgehead atoms. The summed E-state index contributed by atoms with van der Waals surface area (Å²) in [5.41, 5.74) is 0. The fourth-order valence-corrected chi connectivity index (χ4v) is 0.601. The fourth-order valence-electron chi connectivity index (χ4n) is 0.357. The number of rotatable bonds is 3. The topological polar surface area (TPSA) is 12.0 Å². The summed E-state index contributed by atoms with van der Waals surface area (Å²) in [7, 11) is 1.86. The van der Waals surface area contributed by atoms with Crippen molar-refractivity contribution in [3.8, 4) is 0 Å². The minimum Gasteiger partial charge on any atom is -0.318 e. The van der Waals surface area contributed by atoms with E-state index in [0.29, 0.717) is 0 Å². The molecule has 1 nitrogen and oxygen atoms in total. The maximum Gasteiger partial charge on any atom is 0.0621 e. The Hall–Kier alpha value is 0.540. The number of alkyl halides is 2. The lowest BCUT2D eigenvalue weighted by Crippen LogP contribution is -2.24. The van der Waals surface area contributed by atoms with Crippen LogP contribution in [0.4, 0.5) is 0 Å². The molecular weight excluding hydrogens is 145 g/mol. The van der Waals surface area contributed by atoms with Gasteiger partial charge in [-0.1, -0.05) is 0 Å². The maximum atomic E-state index is 5.72. The van der Waals surface area contributed by atoms with Crippen LogP contribution in [0.3, 0.4) is 0 Å². The van der Waals surface area contributed by atoms with Gasteiger partial charge in [-0.15, -0.1) is 23.2 Å². The van der Waals surface area contributed by atoms with Crippen LogP contribution in [0.25, 0.3) is 0 Å². The first kappa shape index (κ1) is 8.54. The Morgan fingerprint density at radius 2 is 2.00 bits per heavy atom. The van der Waals surface area contributed by atoms with Crippen LogP contribution in [0.5, 0.6) is 0 Å². The number of halogens is 2. The Morgan fingerprint density at radius 1 is 1.50 bits per heavy atom. The van der Waals surface area contributed by atoms with Crippen LogP contribution in [0, 0.1) is 0 Å². The van der Waals surface area contributed by atoms with Gasteiger partial charge < -0.3 is 5.32 Å². The van der Waals surface area contributed by atoms with Crippen molar-refractivity contribution in [3.63, 3.8) is 0 Å². The maximum absolute atomic E-state index is 5.72. The summed E-state index contributed by atoms with van der Waals surface area (Å²) in [5, 5.41) is 3.02. The minimum atomic E-state index is 0.0432. The van der Waals surface area contributed by atoms with Gasteiger partial charge in [0.1, 0.15) is 0 Å². The van der Waals surface area contributed by atoms with Gasteiger partial charge in [-0.25, -0.2) is 0 Å². The minimum absolute atomic E-state index is 0.0432. The van der Waals surface area contributed by atoms with Gasteiger partial charge >= 0.3 is 0 Å². The van der Waals surface area contributed by atoms with Crippen LogP contribution in [0.2, 0.25) is 0 Å². The zero-order valence-electron chi connectivity index (χ0n) is 5.12. The van der Waals surface area contributed by atoms with Crippen molar-refractivity contribution in [2.75, 3.05) is 13.6 Å². The largest absolute Gasteiger partial charge is 0.318 e. The normalized spacial score (nSPS) is 18.0. The molecule has 0 saturated heterocycles. The van der Waals surface area contributed by atoms with Crippen LogP contribution in [0.15, 0.2) is 0 Å². The Labute approximate surface area is 60.4 Å². The molecule has 50 valence electrons. The van der Waals surface area contributed by atoms with Gasteiger partial charge in [-0.05, 0) is 14.0 Å². The number of nitrogens with one attached hydrogen (secondary N) is 1. The average molecular weight is 156 g/mol. The molecule has 2 unspecified atom stereocenters. The van der Waals surface area contributed by atoms with E-state index in [2.05, 4.69) is 5.32 Å². The molecule has 0 amide bonds. The first-order chi connectivity index (χ1) is 3.68. The Morgan fingerprint density at radius 3 is 2.12 bits per heavy atom. The van der Waals surface area contributed by atoms with E-state index in [1.165, 1.54) is 0 Å². The second kappa shape index (κ2) is 4.42. The second-order valence-corrected chi connectivity index (χ2v) is 3.00. The predicted molar refractivity (Wildman–Crippen MR) is 38.9 cm³/mol. The van der Waals surface area contributed by atoms with Gasteiger partial charge in [0.25, 0.3) is 0 Å². The lowest BCUT2D eigenvalue weighted by Gasteiger charge is -2.08. The van der Waals surface area contributed by atoms with E-state index in [0.717, 1.165) is 6.54 Å². The van der Waals surface area contributed by atoms with Crippen LogP contribution >= 0.6 is 23.2 Å². The fraction of sp³-hybridized carbons (Fsp3) is 1.00. The number of hydrogen-bond donors (Lipinski definition) is 1. The average Bonchev–Trinajstić information content (AvgIpc) is 1.67. The molecule has 0 aromatic rings. The molecule has 0 aromatic carbocycles. The van der Waals surface area contributed by atoms with Crippen molar-refractivity contribution < 1.29 is 0 Å². The third kappa shape index (κ3) is 3.53. The molecule has 0 aromatic heterocycles. The van der Waals surface area contributed by atoms with Crippen LogP contribution in [0.1, 0.15) is 6.92 Å². The Balaban J connectivity index is 3.17. The van der Waals surface area contributed by atoms with Crippen molar-refractivity contribution >= 4 is 23.2 Å². The lowest BCUT2D eigenvalue weighted by molar-refractivity contribution is 0.724. The monoisotopic (exact) mass is 155 g/mol. The molecule has 0 spiro atoms. The quantitative estimate of drug-likeness (QED) is 0.609. The van der Waals surface area contributed by atoms with Crippen molar-refractivity contribution in [1.82, 2.24) is 5.32 Å². The van der Waals surface area contributed by atoms with Crippen LogP contribution in [-0.4, -0.2) is 24.3 Å². The summed E-state index contributed by atoms with van der Waals surface area (Å²) >= 11 is 11.4. The zero-order valence-corrected chi connectivity index (χ0v) is 6.63. The highest BCUT2D eigenvalue weighted by atomic mass is 35.5. The number of hydrogen-bond acceptors (Lipinski definition) is 1. The summed E-state index contributed by atoms with van der Waals surface area (Å²) in [4.78, 5) is 0. The van der Waals surface area contributed by atoms with E-state index >= 15 is 0 Å². The van der Waals surface area contributed by atoms with Crippen molar-refractivity contribution in [2.45, 2.75) is 17.7 Å². The molecule has 0 rings (SSSR count). The standard InChI is InChI=1S/C5H11Cl2N/c1-4(6)5(7)3-8-2/h4-5,8H,3H2,1-2H3. The molecule has 0 fully saturated rings. The highest BCUT2D eigenvalue weighted by Gasteiger charge is 2.08. The Bertz CT molecular complexity index is 56.4. The predicted octanol–water partition coefficient (Wildman–Crippen LogP) is 1.44.